The molecule has 4 nitrogen and oxygen atoms in total. The number of ether oxygens (including phenoxy) is 1. The van der Waals surface area contributed by atoms with E-state index in [0.29, 0.717) is 16.3 Å². The summed E-state index contributed by atoms with van der Waals surface area (Å²) in [5.41, 5.74) is 0.541. The number of aliphatic hydroxyl groups is 1. The maximum atomic E-state index is 12.0. The summed E-state index contributed by atoms with van der Waals surface area (Å²) in [4.78, 5) is 11.6. The quantitative estimate of drug-likeness (QED) is 0.838. The lowest BCUT2D eigenvalue weighted by Gasteiger charge is -2.12. The second kappa shape index (κ2) is 7.25. The van der Waals surface area contributed by atoms with Crippen molar-refractivity contribution in [3.8, 4) is 5.75 Å². The molecule has 0 heterocycles. The van der Waals surface area contributed by atoms with Gasteiger partial charge in [0, 0.05) is 17.1 Å². The number of nitrogens with one attached hydrogen (secondary N) is 1. The van der Waals surface area contributed by atoms with E-state index in [2.05, 4.69) is 5.32 Å². The van der Waals surface area contributed by atoms with Gasteiger partial charge in [0.1, 0.15) is 11.9 Å². The van der Waals surface area contributed by atoms with Crippen LogP contribution in [0.15, 0.2) is 18.2 Å². The molecule has 1 rings (SSSR count). The molecule has 0 saturated carbocycles. The first-order valence-corrected chi connectivity index (χ1v) is 5.87. The van der Waals surface area contributed by atoms with Crippen LogP contribution in [-0.2, 0) is 11.2 Å². The van der Waals surface area contributed by atoms with Gasteiger partial charge in [-0.1, -0.05) is 11.6 Å². The van der Waals surface area contributed by atoms with Crippen molar-refractivity contribution in [2.45, 2.75) is 19.0 Å². The highest BCUT2D eigenvalue weighted by molar-refractivity contribution is 6.30. The molecule has 0 radical (unpaired) electrons. The third kappa shape index (κ3) is 5.00. The van der Waals surface area contributed by atoms with Gasteiger partial charge in [-0.25, -0.2) is 8.78 Å². The molecule has 0 spiro atoms. The number of rotatable bonds is 6. The second-order valence-electron chi connectivity index (χ2n) is 3.84. The highest BCUT2D eigenvalue weighted by Crippen LogP contribution is 2.22. The Morgan fingerprint density at radius 1 is 1.53 bits per heavy atom. The molecule has 0 fully saturated rings. The summed E-state index contributed by atoms with van der Waals surface area (Å²) in [6.45, 7) is -0.501. The van der Waals surface area contributed by atoms with E-state index in [4.69, 9.17) is 21.4 Å². The molecule has 1 unspecified atom stereocenters. The maximum Gasteiger partial charge on any atom is 0.265 e. The monoisotopic (exact) mass is 293 g/mol. The van der Waals surface area contributed by atoms with Gasteiger partial charge in [-0.3, -0.25) is 4.79 Å². The van der Waals surface area contributed by atoms with Crippen molar-refractivity contribution in [1.82, 2.24) is 5.32 Å². The molecule has 0 aliphatic carbocycles. The minimum absolute atomic E-state index is 0.0698. The number of carbonyl (C=O) groups is 1. The molecule has 1 amide bonds. The molecule has 1 aromatic rings. The van der Waals surface area contributed by atoms with Crippen LogP contribution in [0.1, 0.15) is 5.56 Å². The lowest BCUT2D eigenvalue weighted by atomic mass is 10.1. The van der Waals surface area contributed by atoms with Crippen LogP contribution in [0.5, 0.6) is 5.75 Å². The van der Waals surface area contributed by atoms with Gasteiger partial charge in [-0.2, -0.15) is 0 Å². The predicted octanol–water partition coefficient (Wildman–Crippen LogP) is 1.63. The van der Waals surface area contributed by atoms with Crippen LogP contribution in [0, 0.1) is 0 Å². The van der Waals surface area contributed by atoms with Gasteiger partial charge in [0.2, 0.25) is 5.91 Å². The number of hydrogen-bond donors (Lipinski definition) is 2. The van der Waals surface area contributed by atoms with Crippen LogP contribution in [0.3, 0.4) is 0 Å². The molecule has 0 saturated heterocycles. The minimum Gasteiger partial charge on any atom is -0.496 e. The normalized spacial score (nSPS) is 12.3. The van der Waals surface area contributed by atoms with E-state index in [1.54, 1.807) is 18.2 Å². The molecule has 0 bridgehead atoms. The fourth-order valence-electron chi connectivity index (χ4n) is 1.43. The highest BCUT2D eigenvalue weighted by atomic mass is 35.5. The zero-order valence-corrected chi connectivity index (χ0v) is 11.0. The summed E-state index contributed by atoms with van der Waals surface area (Å²) in [6.07, 6.45) is -4.83. The average Bonchev–Trinajstić information content (AvgIpc) is 2.36. The van der Waals surface area contributed by atoms with Gasteiger partial charge in [0.05, 0.1) is 13.5 Å². The first kappa shape index (κ1) is 15.7. The molecule has 2 N–H and O–H groups in total. The Balaban J connectivity index is 2.59. The molecule has 19 heavy (non-hydrogen) atoms. The summed E-state index contributed by atoms with van der Waals surface area (Å²) >= 11 is 5.80. The van der Waals surface area contributed by atoms with E-state index < -0.39 is 25.0 Å². The molecule has 0 aromatic heterocycles. The number of carbonyl (C=O) groups excluding carboxylic acids is 1. The van der Waals surface area contributed by atoms with Crippen LogP contribution in [-0.4, -0.2) is 37.2 Å². The number of halogens is 3. The minimum atomic E-state index is -2.89. The van der Waals surface area contributed by atoms with Gasteiger partial charge in [-0.15, -0.1) is 0 Å². The van der Waals surface area contributed by atoms with Crippen LogP contribution in [0.4, 0.5) is 8.78 Å². The zero-order valence-electron chi connectivity index (χ0n) is 10.2. The fraction of sp³-hybridized carbons (Fsp3) is 0.417. The SMILES string of the molecule is COc1ccc(Cl)cc1CC(=O)NCC(O)C(F)F. The Hall–Kier alpha value is -1.40. The molecule has 106 valence electrons. The van der Waals surface area contributed by atoms with Crippen LogP contribution in [0.25, 0.3) is 0 Å². The molecule has 7 heteroatoms. The Morgan fingerprint density at radius 2 is 2.21 bits per heavy atom. The van der Waals surface area contributed by atoms with Crippen molar-refractivity contribution in [1.29, 1.82) is 0 Å². The van der Waals surface area contributed by atoms with E-state index >= 15 is 0 Å². The number of hydrogen-bond acceptors (Lipinski definition) is 3. The van der Waals surface area contributed by atoms with Crippen LogP contribution in [0.2, 0.25) is 5.02 Å². The zero-order chi connectivity index (χ0) is 14.4. The van der Waals surface area contributed by atoms with Crippen molar-refractivity contribution in [3.63, 3.8) is 0 Å². The van der Waals surface area contributed by atoms with E-state index in [0.717, 1.165) is 0 Å². The second-order valence-corrected chi connectivity index (χ2v) is 4.28. The summed E-state index contributed by atoms with van der Waals surface area (Å²) in [5.74, 6) is -0.0192. The lowest BCUT2D eigenvalue weighted by molar-refractivity contribution is -0.121. The topological polar surface area (TPSA) is 58.6 Å². The van der Waals surface area contributed by atoms with E-state index in [9.17, 15) is 13.6 Å². The van der Waals surface area contributed by atoms with Crippen LogP contribution >= 0.6 is 11.6 Å². The van der Waals surface area contributed by atoms with Crippen molar-refractivity contribution in [2.75, 3.05) is 13.7 Å². The van der Waals surface area contributed by atoms with Gasteiger partial charge >= 0.3 is 0 Å². The van der Waals surface area contributed by atoms with E-state index in [1.165, 1.54) is 7.11 Å². The number of aliphatic hydroxyl groups excluding tert-OH is 1. The first-order valence-electron chi connectivity index (χ1n) is 5.49. The molecule has 0 aliphatic rings. The average molecular weight is 294 g/mol. The smallest absolute Gasteiger partial charge is 0.265 e. The largest absolute Gasteiger partial charge is 0.496 e. The lowest BCUT2D eigenvalue weighted by Crippen LogP contribution is -2.36. The van der Waals surface area contributed by atoms with Gasteiger partial charge in [-0.05, 0) is 18.2 Å². The Bertz CT molecular complexity index is 443. The Morgan fingerprint density at radius 3 is 2.79 bits per heavy atom. The van der Waals surface area contributed by atoms with E-state index in [1.807, 2.05) is 0 Å². The maximum absolute atomic E-state index is 12.0. The molecule has 1 atom stereocenters. The summed E-state index contributed by atoms with van der Waals surface area (Å²) < 4.78 is 29.1. The summed E-state index contributed by atoms with van der Waals surface area (Å²) in [6, 6.07) is 4.78. The van der Waals surface area contributed by atoms with E-state index in [-0.39, 0.29) is 6.42 Å². The first-order chi connectivity index (χ1) is 8.93. The number of benzene rings is 1. The number of alkyl halides is 2. The molecule has 1 aromatic carbocycles. The van der Waals surface area contributed by atoms with Crippen molar-refractivity contribution in [3.05, 3.63) is 28.8 Å². The third-order valence-electron chi connectivity index (χ3n) is 2.39. The summed E-state index contributed by atoms with van der Waals surface area (Å²) in [5, 5.41) is 11.5. The standard InChI is InChI=1S/C12H14ClF2NO3/c1-19-10-3-2-8(13)4-7(10)5-11(18)16-6-9(17)12(14)15/h2-4,9,12,17H,5-6H2,1H3,(H,16,18). The van der Waals surface area contributed by atoms with Gasteiger partial charge in [0.15, 0.2) is 0 Å². The fourth-order valence-corrected chi connectivity index (χ4v) is 1.62. The van der Waals surface area contributed by atoms with Crippen molar-refractivity contribution < 1.29 is 23.4 Å². The Kier molecular flexibility index (Phi) is 5.98. The van der Waals surface area contributed by atoms with Crippen LogP contribution < -0.4 is 10.1 Å². The summed E-state index contributed by atoms with van der Waals surface area (Å²) in [7, 11) is 1.45. The number of methoxy groups -OCH3 is 1. The van der Waals surface area contributed by atoms with Crippen molar-refractivity contribution in [2.24, 2.45) is 0 Å². The van der Waals surface area contributed by atoms with Crippen molar-refractivity contribution >= 4 is 17.5 Å². The number of amides is 1. The third-order valence-corrected chi connectivity index (χ3v) is 2.63. The molecular formula is C12H14ClF2NO3. The molecular weight excluding hydrogens is 280 g/mol. The van der Waals surface area contributed by atoms with Gasteiger partial charge < -0.3 is 15.2 Å². The highest BCUT2D eigenvalue weighted by Gasteiger charge is 2.18. The predicted molar refractivity (Wildman–Crippen MR) is 66.7 cm³/mol. The van der Waals surface area contributed by atoms with Gasteiger partial charge in [0.25, 0.3) is 6.43 Å². The Labute approximate surface area is 114 Å². The molecule has 0 aliphatic heterocycles.